The van der Waals surface area contributed by atoms with Gasteiger partial charge in [-0.3, -0.25) is 14.9 Å². The summed E-state index contributed by atoms with van der Waals surface area (Å²) < 4.78 is 13.8. The van der Waals surface area contributed by atoms with Gasteiger partial charge in [0.2, 0.25) is 0 Å². The Morgan fingerprint density at radius 2 is 2.04 bits per heavy atom. The number of amides is 1. The van der Waals surface area contributed by atoms with Gasteiger partial charge in [-0.25, -0.2) is 4.39 Å². The maximum absolute atomic E-state index is 13.8. The molecule has 1 saturated heterocycles. The predicted molar refractivity (Wildman–Crippen MR) is 108 cm³/mol. The van der Waals surface area contributed by atoms with Gasteiger partial charge in [-0.2, -0.15) is 0 Å². The summed E-state index contributed by atoms with van der Waals surface area (Å²) in [5, 5.41) is 17.2. The van der Waals surface area contributed by atoms with Crippen LogP contribution in [0, 0.1) is 17.0 Å². The van der Waals surface area contributed by atoms with Crippen molar-refractivity contribution in [1.82, 2.24) is 0 Å². The van der Waals surface area contributed by atoms with Crippen molar-refractivity contribution in [3.05, 3.63) is 57.6 Å². The average molecular weight is 386 g/mol. The van der Waals surface area contributed by atoms with Gasteiger partial charge in [0.25, 0.3) is 11.6 Å². The van der Waals surface area contributed by atoms with Gasteiger partial charge in [-0.05, 0) is 38.5 Å². The summed E-state index contributed by atoms with van der Waals surface area (Å²) in [6, 6.07) is 10.1. The normalized spacial score (nSPS) is 16.1. The SMILES string of the molecule is CCNc1cc(N2CC[C@@H](F)C2)c(C(=O)Nc2ccc(C)cc2)cc1[N+](=O)[O-]. The fourth-order valence-corrected chi connectivity index (χ4v) is 3.28. The van der Waals surface area contributed by atoms with Crippen LogP contribution in [0.2, 0.25) is 0 Å². The molecule has 1 atom stereocenters. The first-order valence-corrected chi connectivity index (χ1v) is 9.22. The molecule has 1 aliphatic heterocycles. The lowest BCUT2D eigenvalue weighted by atomic mass is 10.1. The molecule has 1 heterocycles. The standard InChI is InChI=1S/C20H23FN4O3/c1-3-22-17-11-18(24-9-8-14(21)12-24)16(10-19(17)25(27)28)20(26)23-15-6-4-13(2)5-7-15/h4-7,10-11,14,22H,3,8-9,12H2,1-2H3,(H,23,26)/t14-/m1/s1. The monoisotopic (exact) mass is 386 g/mol. The van der Waals surface area contributed by atoms with Gasteiger partial charge in [0.05, 0.1) is 16.2 Å². The van der Waals surface area contributed by atoms with Crippen molar-refractivity contribution in [3.8, 4) is 0 Å². The molecule has 1 fully saturated rings. The zero-order valence-corrected chi connectivity index (χ0v) is 15.9. The van der Waals surface area contributed by atoms with Crippen molar-refractivity contribution < 1.29 is 14.1 Å². The summed E-state index contributed by atoms with van der Waals surface area (Å²) in [6.07, 6.45) is -0.613. The lowest BCUT2D eigenvalue weighted by molar-refractivity contribution is -0.384. The Morgan fingerprint density at radius 1 is 1.32 bits per heavy atom. The van der Waals surface area contributed by atoms with Crippen LogP contribution in [-0.4, -0.2) is 36.6 Å². The Balaban J connectivity index is 2.02. The Morgan fingerprint density at radius 3 is 2.61 bits per heavy atom. The van der Waals surface area contributed by atoms with Crippen LogP contribution in [0.4, 0.5) is 27.1 Å². The van der Waals surface area contributed by atoms with Crippen LogP contribution in [0.5, 0.6) is 0 Å². The lowest BCUT2D eigenvalue weighted by Gasteiger charge is -2.22. The Kier molecular flexibility index (Phi) is 5.77. The highest BCUT2D eigenvalue weighted by atomic mass is 19.1. The molecule has 0 radical (unpaired) electrons. The number of carbonyl (C=O) groups excluding carboxylic acids is 1. The minimum absolute atomic E-state index is 0.156. The van der Waals surface area contributed by atoms with Crippen molar-refractivity contribution in [2.45, 2.75) is 26.4 Å². The molecular formula is C20H23FN4O3. The van der Waals surface area contributed by atoms with Gasteiger partial charge >= 0.3 is 0 Å². The minimum atomic E-state index is -0.981. The molecule has 0 aliphatic carbocycles. The van der Waals surface area contributed by atoms with E-state index < -0.39 is 17.0 Å². The summed E-state index contributed by atoms with van der Waals surface area (Å²) in [5.41, 5.74) is 2.42. The van der Waals surface area contributed by atoms with Crippen LogP contribution in [0.15, 0.2) is 36.4 Å². The Bertz CT molecular complexity index is 886. The molecule has 2 aromatic rings. The molecule has 7 nitrogen and oxygen atoms in total. The summed E-state index contributed by atoms with van der Waals surface area (Å²) in [6.45, 7) is 4.87. The summed E-state index contributed by atoms with van der Waals surface area (Å²) >= 11 is 0. The van der Waals surface area contributed by atoms with Gasteiger partial charge in [-0.15, -0.1) is 0 Å². The number of nitro groups is 1. The van der Waals surface area contributed by atoms with Crippen LogP contribution in [0.1, 0.15) is 29.3 Å². The first kappa shape index (κ1) is 19.6. The molecule has 0 spiro atoms. The molecule has 0 saturated carbocycles. The zero-order valence-electron chi connectivity index (χ0n) is 15.9. The Labute approximate surface area is 162 Å². The predicted octanol–water partition coefficient (Wildman–Crippen LogP) is 4.14. The molecule has 148 valence electrons. The maximum atomic E-state index is 13.8. The highest BCUT2D eigenvalue weighted by Gasteiger charge is 2.29. The van der Waals surface area contributed by atoms with Crippen molar-refractivity contribution in [3.63, 3.8) is 0 Å². The molecule has 1 amide bonds. The first-order valence-electron chi connectivity index (χ1n) is 9.22. The third-order valence-electron chi connectivity index (χ3n) is 4.70. The van der Waals surface area contributed by atoms with E-state index in [1.807, 2.05) is 26.0 Å². The quantitative estimate of drug-likeness (QED) is 0.576. The van der Waals surface area contributed by atoms with E-state index in [1.165, 1.54) is 6.07 Å². The second-order valence-corrected chi connectivity index (χ2v) is 6.83. The molecule has 0 bridgehead atoms. The van der Waals surface area contributed by atoms with E-state index >= 15 is 0 Å². The number of nitrogens with one attached hydrogen (secondary N) is 2. The van der Waals surface area contributed by atoms with Crippen molar-refractivity contribution >= 4 is 28.7 Å². The van der Waals surface area contributed by atoms with Gasteiger partial charge < -0.3 is 15.5 Å². The van der Waals surface area contributed by atoms with Gasteiger partial charge in [0, 0.05) is 31.4 Å². The topological polar surface area (TPSA) is 87.5 Å². The van der Waals surface area contributed by atoms with Gasteiger partial charge in [0.1, 0.15) is 11.9 Å². The third-order valence-corrected chi connectivity index (χ3v) is 4.70. The second kappa shape index (κ2) is 8.24. The second-order valence-electron chi connectivity index (χ2n) is 6.83. The van der Waals surface area contributed by atoms with E-state index in [-0.39, 0.29) is 17.8 Å². The minimum Gasteiger partial charge on any atom is -0.380 e. The number of rotatable bonds is 6. The van der Waals surface area contributed by atoms with Gasteiger partial charge in [-0.1, -0.05) is 17.7 Å². The summed E-state index contributed by atoms with van der Waals surface area (Å²) in [5.74, 6) is -0.465. The molecule has 0 aromatic heterocycles. The average Bonchev–Trinajstić information content (AvgIpc) is 3.09. The van der Waals surface area contributed by atoms with Crippen LogP contribution >= 0.6 is 0 Å². The van der Waals surface area contributed by atoms with E-state index in [2.05, 4.69) is 10.6 Å². The van der Waals surface area contributed by atoms with Crippen LogP contribution in [0.25, 0.3) is 0 Å². The van der Waals surface area contributed by atoms with Crippen LogP contribution < -0.4 is 15.5 Å². The first-order chi connectivity index (χ1) is 13.4. The zero-order chi connectivity index (χ0) is 20.3. The number of alkyl halides is 1. The van der Waals surface area contributed by atoms with Crippen molar-refractivity contribution in [1.29, 1.82) is 0 Å². The van der Waals surface area contributed by atoms with E-state index in [4.69, 9.17) is 0 Å². The van der Waals surface area contributed by atoms with E-state index in [1.54, 1.807) is 23.1 Å². The van der Waals surface area contributed by atoms with E-state index in [9.17, 15) is 19.3 Å². The molecular weight excluding hydrogens is 363 g/mol. The number of nitrogens with zero attached hydrogens (tertiary/aromatic N) is 2. The number of halogens is 1. The van der Waals surface area contributed by atoms with Gasteiger partial charge in [0.15, 0.2) is 0 Å². The van der Waals surface area contributed by atoms with Crippen molar-refractivity contribution in [2.75, 3.05) is 35.2 Å². The van der Waals surface area contributed by atoms with Crippen molar-refractivity contribution in [2.24, 2.45) is 0 Å². The lowest BCUT2D eigenvalue weighted by Crippen LogP contribution is -2.25. The highest BCUT2D eigenvalue weighted by molar-refractivity contribution is 6.09. The molecule has 8 heteroatoms. The molecule has 0 unspecified atom stereocenters. The number of benzene rings is 2. The molecule has 3 rings (SSSR count). The number of aryl methyl sites for hydroxylation is 1. The highest BCUT2D eigenvalue weighted by Crippen LogP contribution is 2.35. The maximum Gasteiger partial charge on any atom is 0.293 e. The number of anilines is 3. The molecule has 1 aliphatic rings. The number of nitro benzene ring substituents is 1. The van der Waals surface area contributed by atoms with Crippen LogP contribution in [-0.2, 0) is 0 Å². The summed E-state index contributed by atoms with van der Waals surface area (Å²) in [4.78, 5) is 25.7. The Hall–Kier alpha value is -3.16. The molecule has 2 aromatic carbocycles. The van der Waals surface area contributed by atoms with Crippen LogP contribution in [0.3, 0.4) is 0 Å². The smallest absolute Gasteiger partial charge is 0.293 e. The fraction of sp³-hybridized carbons (Fsp3) is 0.350. The largest absolute Gasteiger partial charge is 0.380 e. The number of hydrogen-bond acceptors (Lipinski definition) is 5. The molecule has 28 heavy (non-hydrogen) atoms. The van der Waals surface area contributed by atoms with E-state index in [0.717, 1.165) is 5.56 Å². The fourth-order valence-electron chi connectivity index (χ4n) is 3.28. The third kappa shape index (κ3) is 4.21. The summed E-state index contributed by atoms with van der Waals surface area (Å²) in [7, 11) is 0. The van der Waals surface area contributed by atoms with E-state index in [0.29, 0.717) is 36.6 Å². The number of hydrogen-bond donors (Lipinski definition) is 2. The molecule has 2 N–H and O–H groups in total. The number of carbonyl (C=O) groups is 1.